The second-order valence-corrected chi connectivity index (χ2v) is 11.1. The summed E-state index contributed by atoms with van der Waals surface area (Å²) in [5, 5.41) is 10.6. The van der Waals surface area contributed by atoms with E-state index >= 15 is 0 Å². The molecule has 4 aliphatic heterocycles. The number of aryl methyl sites for hydroxylation is 1. The minimum absolute atomic E-state index is 0.0206. The zero-order valence-corrected chi connectivity index (χ0v) is 22.4. The van der Waals surface area contributed by atoms with Gasteiger partial charge in [-0.15, -0.1) is 0 Å². The van der Waals surface area contributed by atoms with Gasteiger partial charge in [0.15, 0.2) is 5.82 Å². The highest BCUT2D eigenvalue weighted by atomic mass is 16.6. The summed E-state index contributed by atoms with van der Waals surface area (Å²) in [6, 6.07) is 4.51. The van der Waals surface area contributed by atoms with Crippen molar-refractivity contribution in [3.63, 3.8) is 0 Å². The first-order valence-electron chi connectivity index (χ1n) is 14.1. The Balaban J connectivity index is 1.19. The Bertz CT molecular complexity index is 1100. The van der Waals surface area contributed by atoms with Crippen molar-refractivity contribution in [2.45, 2.75) is 95.0 Å². The Labute approximate surface area is 223 Å². The molecule has 2 N–H and O–H groups in total. The normalized spacial score (nSPS) is 27.8. The van der Waals surface area contributed by atoms with Crippen LogP contribution in [0.3, 0.4) is 0 Å². The van der Waals surface area contributed by atoms with Crippen molar-refractivity contribution in [3.05, 3.63) is 23.5 Å². The van der Waals surface area contributed by atoms with E-state index in [2.05, 4.69) is 27.5 Å². The number of fused-ring (bicyclic) bond motifs is 2. The number of aromatic amines is 1. The molecular formula is C27H39N7O4. The molecule has 2 aromatic rings. The maximum absolute atomic E-state index is 13.2. The predicted octanol–water partition coefficient (Wildman–Crippen LogP) is 4.24. The molecule has 38 heavy (non-hydrogen) atoms. The summed E-state index contributed by atoms with van der Waals surface area (Å²) in [6.07, 6.45) is 8.28. The predicted molar refractivity (Wildman–Crippen MR) is 142 cm³/mol. The lowest BCUT2D eigenvalue weighted by molar-refractivity contribution is -0.0344. The molecule has 206 valence electrons. The molecule has 11 heteroatoms. The molecule has 0 spiro atoms. The van der Waals surface area contributed by atoms with E-state index in [0.29, 0.717) is 25.0 Å². The van der Waals surface area contributed by atoms with Gasteiger partial charge in [0, 0.05) is 62.4 Å². The lowest BCUT2D eigenvalue weighted by Crippen LogP contribution is -2.59. The Morgan fingerprint density at radius 3 is 2.53 bits per heavy atom. The van der Waals surface area contributed by atoms with E-state index in [-0.39, 0.29) is 36.4 Å². The molecule has 11 nitrogen and oxygen atoms in total. The van der Waals surface area contributed by atoms with Crippen LogP contribution in [0.1, 0.15) is 75.3 Å². The third kappa shape index (κ3) is 5.44. The van der Waals surface area contributed by atoms with Gasteiger partial charge in [-0.05, 0) is 51.9 Å². The van der Waals surface area contributed by atoms with Gasteiger partial charge >= 0.3 is 6.09 Å². The molecule has 2 aromatic heterocycles. The van der Waals surface area contributed by atoms with Crippen LogP contribution in [0.15, 0.2) is 12.1 Å². The number of carbonyl (C=O) groups is 1. The molecular weight excluding hydrogens is 486 g/mol. The van der Waals surface area contributed by atoms with E-state index in [1.807, 2.05) is 24.0 Å². The first-order valence-corrected chi connectivity index (χ1v) is 14.1. The molecule has 4 atom stereocenters. The first-order chi connectivity index (χ1) is 18.5. The molecule has 0 aliphatic carbocycles. The number of nitrogens with zero attached hydrogens (tertiary/aromatic N) is 5. The molecule has 6 rings (SSSR count). The SMILES string of the molecule is Cc1cc(Nc2cc(C3CCCO3)nc(N(C)C3C[C@H]4CCC[C@@H](C3)N4C(=O)OC3CCOCC3)n2)n[nH]1. The third-order valence-electron chi connectivity index (χ3n) is 8.42. The van der Waals surface area contributed by atoms with Gasteiger partial charge in [0.25, 0.3) is 0 Å². The zero-order valence-electron chi connectivity index (χ0n) is 22.4. The summed E-state index contributed by atoms with van der Waals surface area (Å²) in [6.45, 7) is 4.06. The second-order valence-electron chi connectivity index (χ2n) is 11.1. The van der Waals surface area contributed by atoms with Crippen LogP contribution >= 0.6 is 0 Å². The van der Waals surface area contributed by atoms with Gasteiger partial charge < -0.3 is 29.3 Å². The number of hydrogen-bond donors (Lipinski definition) is 2. The van der Waals surface area contributed by atoms with Crippen molar-refractivity contribution in [3.8, 4) is 0 Å². The summed E-state index contributed by atoms with van der Waals surface area (Å²) in [7, 11) is 2.08. The lowest BCUT2D eigenvalue weighted by atomic mass is 9.81. The van der Waals surface area contributed by atoms with E-state index in [4.69, 9.17) is 24.2 Å². The third-order valence-corrected chi connectivity index (χ3v) is 8.42. The van der Waals surface area contributed by atoms with Crippen molar-refractivity contribution in [2.75, 3.05) is 37.1 Å². The van der Waals surface area contributed by atoms with E-state index in [1.54, 1.807) is 0 Å². The average molecular weight is 526 g/mol. The summed E-state index contributed by atoms with van der Waals surface area (Å²) in [5.74, 6) is 2.10. The molecule has 2 bridgehead atoms. The lowest BCUT2D eigenvalue weighted by Gasteiger charge is -2.50. The van der Waals surface area contributed by atoms with E-state index in [0.717, 1.165) is 81.6 Å². The molecule has 0 saturated carbocycles. The van der Waals surface area contributed by atoms with Gasteiger partial charge in [-0.3, -0.25) is 5.10 Å². The van der Waals surface area contributed by atoms with Crippen LogP contribution in [0.5, 0.6) is 0 Å². The highest BCUT2D eigenvalue weighted by molar-refractivity contribution is 5.69. The minimum atomic E-state index is -0.148. The van der Waals surface area contributed by atoms with Crippen LogP contribution in [0, 0.1) is 6.92 Å². The quantitative estimate of drug-likeness (QED) is 0.571. The average Bonchev–Trinajstić information content (AvgIpc) is 3.60. The molecule has 6 heterocycles. The number of amides is 1. The van der Waals surface area contributed by atoms with E-state index < -0.39 is 0 Å². The molecule has 2 unspecified atom stereocenters. The van der Waals surface area contributed by atoms with Crippen molar-refractivity contribution in [1.29, 1.82) is 0 Å². The standard InChI is InChI=1S/C27H39N7O4/c1-17-13-25(32-31-17)29-24-16-22(23-7-4-10-37-23)28-26(30-24)33(2)20-14-18-5-3-6-19(15-20)34(18)27(35)38-21-8-11-36-12-9-21/h13,16,18-21,23H,3-12,14-15H2,1-2H3,(H2,28,29,30,31,32)/t18-,19+,20?,23?. The van der Waals surface area contributed by atoms with Gasteiger partial charge in [0.2, 0.25) is 5.95 Å². The fourth-order valence-corrected chi connectivity index (χ4v) is 6.39. The van der Waals surface area contributed by atoms with Crippen LogP contribution in [0.2, 0.25) is 0 Å². The van der Waals surface area contributed by atoms with Crippen molar-refractivity contribution >= 4 is 23.7 Å². The van der Waals surface area contributed by atoms with Gasteiger partial charge in [0.05, 0.1) is 25.0 Å². The highest BCUT2D eigenvalue weighted by Crippen LogP contribution is 2.38. The molecule has 4 saturated heterocycles. The monoisotopic (exact) mass is 525 g/mol. The molecule has 0 aromatic carbocycles. The Kier molecular flexibility index (Phi) is 7.38. The fraction of sp³-hybridized carbons (Fsp3) is 0.704. The van der Waals surface area contributed by atoms with Gasteiger partial charge in [0.1, 0.15) is 11.9 Å². The number of H-pyrrole nitrogens is 1. The highest BCUT2D eigenvalue weighted by Gasteiger charge is 2.44. The number of rotatable bonds is 6. The second kappa shape index (κ2) is 11.1. The van der Waals surface area contributed by atoms with Gasteiger partial charge in [-0.1, -0.05) is 0 Å². The zero-order chi connectivity index (χ0) is 26.1. The summed E-state index contributed by atoms with van der Waals surface area (Å²) in [4.78, 5) is 27.3. The number of nitrogens with one attached hydrogen (secondary N) is 2. The smallest absolute Gasteiger partial charge is 0.410 e. The van der Waals surface area contributed by atoms with Gasteiger partial charge in [-0.2, -0.15) is 10.1 Å². The van der Waals surface area contributed by atoms with Crippen molar-refractivity contribution < 1.29 is 19.0 Å². The van der Waals surface area contributed by atoms with Crippen LogP contribution in [0.4, 0.5) is 22.4 Å². The van der Waals surface area contributed by atoms with Crippen LogP contribution in [-0.4, -0.2) is 82.3 Å². The maximum atomic E-state index is 13.2. The number of ether oxygens (including phenoxy) is 3. The van der Waals surface area contributed by atoms with Gasteiger partial charge in [-0.25, -0.2) is 9.78 Å². The number of hydrogen-bond acceptors (Lipinski definition) is 9. The number of piperidine rings is 2. The topological polar surface area (TPSA) is 118 Å². The minimum Gasteiger partial charge on any atom is -0.446 e. The van der Waals surface area contributed by atoms with Crippen LogP contribution < -0.4 is 10.2 Å². The molecule has 0 radical (unpaired) electrons. The Hall–Kier alpha value is -2.92. The van der Waals surface area contributed by atoms with Crippen molar-refractivity contribution in [2.24, 2.45) is 0 Å². The summed E-state index contributed by atoms with van der Waals surface area (Å²) in [5.41, 5.74) is 1.87. The summed E-state index contributed by atoms with van der Waals surface area (Å²) >= 11 is 0. The van der Waals surface area contributed by atoms with E-state index in [1.165, 1.54) is 0 Å². The first kappa shape index (κ1) is 25.4. The van der Waals surface area contributed by atoms with Crippen LogP contribution in [0.25, 0.3) is 0 Å². The number of anilines is 3. The molecule has 1 amide bonds. The molecule has 4 aliphatic rings. The molecule has 4 fully saturated rings. The fourth-order valence-electron chi connectivity index (χ4n) is 6.39. The van der Waals surface area contributed by atoms with Crippen LogP contribution in [-0.2, 0) is 14.2 Å². The van der Waals surface area contributed by atoms with E-state index in [9.17, 15) is 4.79 Å². The Morgan fingerprint density at radius 2 is 1.84 bits per heavy atom. The van der Waals surface area contributed by atoms with Crippen molar-refractivity contribution in [1.82, 2.24) is 25.1 Å². The number of aromatic nitrogens is 4. The largest absolute Gasteiger partial charge is 0.446 e. The number of carbonyl (C=O) groups excluding carboxylic acids is 1. The summed E-state index contributed by atoms with van der Waals surface area (Å²) < 4.78 is 17.3. The Morgan fingerprint density at radius 1 is 1.05 bits per heavy atom. The maximum Gasteiger partial charge on any atom is 0.410 e.